The van der Waals surface area contributed by atoms with E-state index in [1.54, 1.807) is 0 Å². The van der Waals surface area contributed by atoms with Crippen molar-refractivity contribution in [2.45, 2.75) is 6.92 Å². The number of piperazine rings is 1. The van der Waals surface area contributed by atoms with Crippen LogP contribution in [0.5, 0.6) is 0 Å². The van der Waals surface area contributed by atoms with Crippen LogP contribution in [0.15, 0.2) is 24.3 Å². The molecule has 2 rings (SSSR count). The van der Waals surface area contributed by atoms with Gasteiger partial charge in [-0.1, -0.05) is 0 Å². The van der Waals surface area contributed by atoms with E-state index in [2.05, 4.69) is 22.2 Å². The molecule has 0 bridgehead atoms. The summed E-state index contributed by atoms with van der Waals surface area (Å²) in [6.45, 7) is 6.97. The minimum atomic E-state index is -0.148. The number of anilines is 2. The van der Waals surface area contributed by atoms with Gasteiger partial charge in [0.1, 0.15) is 6.54 Å². The number of amides is 2. The van der Waals surface area contributed by atoms with Gasteiger partial charge >= 0.3 is 0 Å². The van der Waals surface area contributed by atoms with Gasteiger partial charge in [-0.15, -0.1) is 0 Å². The van der Waals surface area contributed by atoms with E-state index in [1.807, 2.05) is 43.3 Å². The lowest BCUT2D eigenvalue weighted by molar-refractivity contribution is -0.123. The Balaban J connectivity index is 1.96. The van der Waals surface area contributed by atoms with Gasteiger partial charge in [-0.2, -0.15) is 0 Å². The van der Waals surface area contributed by atoms with E-state index >= 15 is 0 Å². The number of carbonyl (C=O) groups excluding carboxylic acids is 2. The monoisotopic (exact) mass is 361 g/mol. The Morgan fingerprint density at radius 3 is 2.23 bits per heavy atom. The fourth-order valence-corrected chi connectivity index (χ4v) is 2.91. The molecule has 1 aliphatic heterocycles. The molecule has 1 aromatic carbocycles. The zero-order chi connectivity index (χ0) is 19.1. The minimum absolute atomic E-state index is 0.0383. The van der Waals surface area contributed by atoms with Crippen LogP contribution in [0, 0.1) is 0 Å². The number of hydrogen-bond donors (Lipinski definition) is 1. The highest BCUT2D eigenvalue weighted by atomic mass is 16.2. The Morgan fingerprint density at radius 1 is 1.08 bits per heavy atom. The molecule has 0 atom stereocenters. The molecular weight excluding hydrogens is 330 g/mol. The predicted molar refractivity (Wildman–Crippen MR) is 106 cm³/mol. The molecule has 144 valence electrons. The van der Waals surface area contributed by atoms with Gasteiger partial charge in [0.25, 0.3) is 0 Å². The number of carbonyl (C=O) groups is 2. The first-order valence-corrected chi connectivity index (χ1v) is 9.10. The van der Waals surface area contributed by atoms with Crippen molar-refractivity contribution in [3.05, 3.63) is 24.3 Å². The number of nitrogens with zero attached hydrogens (tertiary/aromatic N) is 4. The third-order valence-corrected chi connectivity index (χ3v) is 4.59. The molecule has 7 nitrogen and oxygen atoms in total. The van der Waals surface area contributed by atoms with Crippen LogP contribution in [-0.2, 0) is 9.59 Å². The molecule has 1 saturated heterocycles. The Labute approximate surface area is 156 Å². The van der Waals surface area contributed by atoms with Gasteiger partial charge in [0.05, 0.1) is 0 Å². The summed E-state index contributed by atoms with van der Waals surface area (Å²) in [5.41, 5.74) is 1.90. The fraction of sp³-hybridized carbons (Fsp3) is 0.579. The van der Waals surface area contributed by atoms with Crippen LogP contribution in [0.2, 0.25) is 0 Å². The topological polar surface area (TPSA) is 59.1 Å². The van der Waals surface area contributed by atoms with E-state index in [0.29, 0.717) is 6.54 Å². The van der Waals surface area contributed by atoms with Gasteiger partial charge in [0.2, 0.25) is 11.8 Å². The van der Waals surface area contributed by atoms with Gasteiger partial charge in [0.15, 0.2) is 0 Å². The maximum atomic E-state index is 12.1. The van der Waals surface area contributed by atoms with Crippen LogP contribution < -0.4 is 15.1 Å². The molecule has 1 fully saturated rings. The lowest BCUT2D eigenvalue weighted by Crippen LogP contribution is -2.44. The lowest BCUT2D eigenvalue weighted by Gasteiger charge is -2.34. The molecule has 0 aliphatic carbocycles. The van der Waals surface area contributed by atoms with Crippen molar-refractivity contribution in [1.82, 2.24) is 15.1 Å². The number of benzene rings is 1. The maximum absolute atomic E-state index is 12.1. The quantitative estimate of drug-likeness (QED) is 0.765. The predicted octanol–water partition coefficient (Wildman–Crippen LogP) is 0.469. The van der Waals surface area contributed by atoms with Crippen molar-refractivity contribution in [2.75, 3.05) is 76.8 Å². The molecule has 7 heteroatoms. The summed E-state index contributed by atoms with van der Waals surface area (Å²) in [7, 11) is 6.04. The highest BCUT2D eigenvalue weighted by Crippen LogP contribution is 2.22. The van der Waals surface area contributed by atoms with Crippen molar-refractivity contribution in [2.24, 2.45) is 0 Å². The molecule has 1 heterocycles. The summed E-state index contributed by atoms with van der Waals surface area (Å²) in [5, 5.41) is 2.85. The molecule has 2 amide bonds. The van der Waals surface area contributed by atoms with Crippen LogP contribution in [0.3, 0.4) is 0 Å². The van der Waals surface area contributed by atoms with Crippen LogP contribution in [-0.4, -0.2) is 88.6 Å². The number of likely N-dealkylation sites (N-methyl/N-ethyl adjacent to an activating group) is 2. The van der Waals surface area contributed by atoms with Gasteiger partial charge < -0.3 is 24.9 Å². The Kier molecular flexibility index (Phi) is 7.41. The normalized spacial score (nSPS) is 15.2. The zero-order valence-corrected chi connectivity index (χ0v) is 16.4. The lowest BCUT2D eigenvalue weighted by atomic mass is 10.2. The van der Waals surface area contributed by atoms with E-state index in [9.17, 15) is 9.59 Å². The highest BCUT2D eigenvalue weighted by Gasteiger charge is 2.17. The van der Waals surface area contributed by atoms with Gasteiger partial charge in [0, 0.05) is 57.6 Å². The molecule has 1 N–H and O–H groups in total. The molecule has 0 radical (unpaired) electrons. The number of rotatable bonds is 7. The third-order valence-electron chi connectivity index (χ3n) is 4.59. The molecule has 0 unspecified atom stereocenters. The third kappa shape index (κ3) is 6.00. The first-order valence-electron chi connectivity index (χ1n) is 9.10. The second-order valence-corrected chi connectivity index (χ2v) is 7.07. The van der Waals surface area contributed by atoms with E-state index in [4.69, 9.17) is 0 Å². The largest absolute Gasteiger partial charge is 0.369 e. The number of hydrogen-bond acceptors (Lipinski definition) is 5. The first kappa shape index (κ1) is 20.2. The Hall–Kier alpha value is -2.12. The highest BCUT2D eigenvalue weighted by molar-refractivity contribution is 5.97. The summed E-state index contributed by atoms with van der Waals surface area (Å²) in [5.74, 6) is -0.287. The van der Waals surface area contributed by atoms with Gasteiger partial charge in [-0.25, -0.2) is 0 Å². The zero-order valence-electron chi connectivity index (χ0n) is 16.4. The molecule has 0 spiro atoms. The summed E-state index contributed by atoms with van der Waals surface area (Å²) >= 11 is 0. The van der Waals surface area contributed by atoms with Crippen LogP contribution >= 0.6 is 0 Å². The summed E-state index contributed by atoms with van der Waals surface area (Å²) in [6.07, 6.45) is 0. The van der Waals surface area contributed by atoms with E-state index in [0.717, 1.165) is 44.1 Å². The van der Waals surface area contributed by atoms with E-state index in [-0.39, 0.29) is 18.4 Å². The molecule has 1 aliphatic rings. The Bertz CT molecular complexity index is 594. The molecule has 26 heavy (non-hydrogen) atoms. The SMILES string of the molecule is CC(=O)N(CC(=O)NCCN(C)C)c1ccc(N2CCN(C)CC2)cc1. The van der Waals surface area contributed by atoms with E-state index in [1.165, 1.54) is 11.8 Å². The van der Waals surface area contributed by atoms with E-state index < -0.39 is 0 Å². The average Bonchev–Trinajstić information content (AvgIpc) is 2.60. The van der Waals surface area contributed by atoms with Crippen molar-refractivity contribution in [3.63, 3.8) is 0 Å². The smallest absolute Gasteiger partial charge is 0.240 e. The van der Waals surface area contributed by atoms with Crippen molar-refractivity contribution >= 4 is 23.2 Å². The first-order chi connectivity index (χ1) is 12.4. The van der Waals surface area contributed by atoms with Crippen molar-refractivity contribution < 1.29 is 9.59 Å². The van der Waals surface area contributed by atoms with Crippen LogP contribution in [0.1, 0.15) is 6.92 Å². The summed E-state index contributed by atoms with van der Waals surface area (Å²) < 4.78 is 0. The van der Waals surface area contributed by atoms with Crippen molar-refractivity contribution in [1.29, 1.82) is 0 Å². The minimum Gasteiger partial charge on any atom is -0.369 e. The fourth-order valence-electron chi connectivity index (χ4n) is 2.91. The Morgan fingerprint density at radius 2 is 1.69 bits per heavy atom. The maximum Gasteiger partial charge on any atom is 0.240 e. The summed E-state index contributed by atoms with van der Waals surface area (Å²) in [6, 6.07) is 7.89. The van der Waals surface area contributed by atoms with Crippen LogP contribution in [0.25, 0.3) is 0 Å². The summed E-state index contributed by atoms with van der Waals surface area (Å²) in [4.78, 5) is 32.3. The van der Waals surface area contributed by atoms with Crippen molar-refractivity contribution in [3.8, 4) is 0 Å². The van der Waals surface area contributed by atoms with Gasteiger partial charge in [-0.3, -0.25) is 9.59 Å². The molecule has 0 saturated carbocycles. The molecular formula is C19H31N5O2. The second-order valence-electron chi connectivity index (χ2n) is 7.07. The standard InChI is InChI=1S/C19H31N5O2/c1-16(25)24(15-19(26)20-9-10-21(2)3)18-7-5-17(6-8-18)23-13-11-22(4)12-14-23/h5-8H,9-15H2,1-4H3,(H,20,26). The second kappa shape index (κ2) is 9.54. The molecule has 1 aromatic rings. The average molecular weight is 361 g/mol. The van der Waals surface area contributed by atoms with Gasteiger partial charge in [-0.05, 0) is 45.4 Å². The molecule has 0 aromatic heterocycles. The van der Waals surface area contributed by atoms with Crippen LogP contribution in [0.4, 0.5) is 11.4 Å². The number of nitrogens with one attached hydrogen (secondary N) is 1.